The minimum atomic E-state index is 0.540. The molecular weight excluding hydrogens is 278 g/mol. The molecule has 0 amide bonds. The highest BCUT2D eigenvalue weighted by molar-refractivity contribution is 6.30. The summed E-state index contributed by atoms with van der Waals surface area (Å²) >= 11 is 6.10. The second-order valence-corrected chi connectivity index (χ2v) is 6.35. The van der Waals surface area contributed by atoms with Crippen molar-refractivity contribution in [1.82, 2.24) is 5.32 Å². The van der Waals surface area contributed by atoms with Gasteiger partial charge in [0.15, 0.2) is 0 Å². The van der Waals surface area contributed by atoms with Gasteiger partial charge in [-0.15, -0.1) is 0 Å². The summed E-state index contributed by atoms with van der Waals surface area (Å²) in [5, 5.41) is 4.50. The SMILES string of the molecule is CCNC(Cc1cccc(Cl)c1)C1CC1c1ccccc1. The molecule has 1 aliphatic rings. The van der Waals surface area contributed by atoms with Gasteiger partial charge < -0.3 is 5.32 Å². The third-order valence-corrected chi connectivity index (χ3v) is 4.63. The van der Waals surface area contributed by atoms with Crippen molar-refractivity contribution in [3.63, 3.8) is 0 Å². The predicted molar refractivity (Wildman–Crippen MR) is 89.9 cm³/mol. The van der Waals surface area contributed by atoms with E-state index in [9.17, 15) is 0 Å². The largest absolute Gasteiger partial charge is 0.314 e. The van der Waals surface area contributed by atoms with E-state index in [0.29, 0.717) is 6.04 Å². The van der Waals surface area contributed by atoms with Crippen molar-refractivity contribution in [3.8, 4) is 0 Å². The van der Waals surface area contributed by atoms with Gasteiger partial charge in [0.05, 0.1) is 0 Å². The Hall–Kier alpha value is -1.31. The van der Waals surface area contributed by atoms with E-state index in [1.807, 2.05) is 12.1 Å². The van der Waals surface area contributed by atoms with E-state index in [0.717, 1.165) is 29.8 Å². The van der Waals surface area contributed by atoms with Crippen LogP contribution in [0.15, 0.2) is 54.6 Å². The van der Waals surface area contributed by atoms with Gasteiger partial charge in [-0.25, -0.2) is 0 Å². The lowest BCUT2D eigenvalue weighted by Crippen LogP contribution is -2.33. The molecule has 1 aliphatic carbocycles. The second kappa shape index (κ2) is 6.64. The summed E-state index contributed by atoms with van der Waals surface area (Å²) in [6.07, 6.45) is 2.35. The Labute approximate surface area is 132 Å². The Morgan fingerprint density at radius 2 is 1.95 bits per heavy atom. The molecule has 3 atom stereocenters. The van der Waals surface area contributed by atoms with Crippen molar-refractivity contribution >= 4 is 11.6 Å². The molecular formula is C19H22ClN. The van der Waals surface area contributed by atoms with Gasteiger partial charge in [-0.1, -0.05) is 61.0 Å². The van der Waals surface area contributed by atoms with E-state index in [1.54, 1.807) is 0 Å². The van der Waals surface area contributed by atoms with Crippen LogP contribution in [0.4, 0.5) is 0 Å². The van der Waals surface area contributed by atoms with Crippen molar-refractivity contribution in [3.05, 3.63) is 70.7 Å². The van der Waals surface area contributed by atoms with Gasteiger partial charge in [0, 0.05) is 11.1 Å². The maximum Gasteiger partial charge on any atom is 0.0408 e. The summed E-state index contributed by atoms with van der Waals surface area (Å²) in [4.78, 5) is 0. The van der Waals surface area contributed by atoms with Crippen molar-refractivity contribution in [2.75, 3.05) is 6.54 Å². The van der Waals surface area contributed by atoms with Gasteiger partial charge in [0.2, 0.25) is 0 Å². The number of rotatable bonds is 6. The quantitative estimate of drug-likeness (QED) is 0.818. The molecule has 0 aromatic heterocycles. The fourth-order valence-electron chi connectivity index (χ4n) is 3.30. The summed E-state index contributed by atoms with van der Waals surface area (Å²) in [7, 11) is 0. The second-order valence-electron chi connectivity index (χ2n) is 5.91. The maximum absolute atomic E-state index is 6.10. The summed E-state index contributed by atoms with van der Waals surface area (Å²) < 4.78 is 0. The Morgan fingerprint density at radius 3 is 2.67 bits per heavy atom. The van der Waals surface area contributed by atoms with Crippen molar-refractivity contribution in [2.24, 2.45) is 5.92 Å². The van der Waals surface area contributed by atoms with E-state index in [2.05, 4.69) is 54.7 Å². The molecule has 1 saturated carbocycles. The van der Waals surface area contributed by atoms with Crippen molar-refractivity contribution in [1.29, 1.82) is 0 Å². The highest BCUT2D eigenvalue weighted by atomic mass is 35.5. The van der Waals surface area contributed by atoms with E-state index >= 15 is 0 Å². The molecule has 21 heavy (non-hydrogen) atoms. The summed E-state index contributed by atoms with van der Waals surface area (Å²) in [6.45, 7) is 3.20. The highest BCUT2D eigenvalue weighted by Crippen LogP contribution is 2.50. The fraction of sp³-hybridized carbons (Fsp3) is 0.368. The van der Waals surface area contributed by atoms with E-state index < -0.39 is 0 Å². The first-order chi connectivity index (χ1) is 10.3. The summed E-state index contributed by atoms with van der Waals surface area (Å²) in [6, 6.07) is 19.7. The molecule has 0 spiro atoms. The maximum atomic E-state index is 6.10. The number of halogens is 1. The first-order valence-electron chi connectivity index (χ1n) is 7.80. The molecule has 1 fully saturated rings. The molecule has 2 heteroatoms. The molecule has 0 saturated heterocycles. The molecule has 0 aliphatic heterocycles. The van der Waals surface area contributed by atoms with Gasteiger partial charge >= 0.3 is 0 Å². The number of hydrogen-bond acceptors (Lipinski definition) is 1. The zero-order valence-corrected chi connectivity index (χ0v) is 13.2. The standard InChI is InChI=1S/C19H22ClN/c1-2-21-19(12-14-7-6-10-16(20)11-14)18-13-17(18)15-8-4-3-5-9-15/h3-11,17-19,21H,2,12-13H2,1H3. The number of nitrogens with one attached hydrogen (secondary N) is 1. The fourth-order valence-corrected chi connectivity index (χ4v) is 3.51. The first kappa shape index (κ1) is 14.6. The Morgan fingerprint density at radius 1 is 1.14 bits per heavy atom. The van der Waals surface area contributed by atoms with Crippen LogP contribution in [0.25, 0.3) is 0 Å². The van der Waals surface area contributed by atoms with Crippen LogP contribution < -0.4 is 5.32 Å². The van der Waals surface area contributed by atoms with Gasteiger partial charge in [0.25, 0.3) is 0 Å². The van der Waals surface area contributed by atoms with Crippen molar-refractivity contribution in [2.45, 2.75) is 31.7 Å². The molecule has 110 valence electrons. The monoisotopic (exact) mass is 299 g/mol. The average molecular weight is 300 g/mol. The lowest BCUT2D eigenvalue weighted by molar-refractivity contribution is 0.464. The molecule has 3 rings (SSSR count). The molecule has 2 aromatic rings. The summed E-state index contributed by atoms with van der Waals surface area (Å²) in [5.41, 5.74) is 2.81. The zero-order valence-electron chi connectivity index (χ0n) is 12.4. The molecule has 0 bridgehead atoms. The van der Waals surface area contributed by atoms with E-state index in [-0.39, 0.29) is 0 Å². The van der Waals surface area contributed by atoms with Crippen LogP contribution in [0.2, 0.25) is 5.02 Å². The predicted octanol–water partition coefficient (Wildman–Crippen LogP) is 4.66. The summed E-state index contributed by atoms with van der Waals surface area (Å²) in [5.74, 6) is 1.46. The van der Waals surface area contributed by atoms with Gasteiger partial charge in [-0.3, -0.25) is 0 Å². The molecule has 1 nitrogen and oxygen atoms in total. The topological polar surface area (TPSA) is 12.0 Å². The first-order valence-corrected chi connectivity index (χ1v) is 8.18. The van der Waals surface area contributed by atoms with Crippen LogP contribution in [0.5, 0.6) is 0 Å². The minimum Gasteiger partial charge on any atom is -0.314 e. The normalized spacial score (nSPS) is 22.0. The van der Waals surface area contributed by atoms with Crippen LogP contribution in [0.1, 0.15) is 30.4 Å². The third-order valence-electron chi connectivity index (χ3n) is 4.40. The molecule has 0 radical (unpaired) electrons. The molecule has 3 unspecified atom stereocenters. The molecule has 0 heterocycles. The van der Waals surface area contributed by atoms with Gasteiger partial charge in [-0.05, 0) is 54.5 Å². The Balaban J connectivity index is 1.69. The van der Waals surface area contributed by atoms with E-state index in [1.165, 1.54) is 17.5 Å². The number of likely N-dealkylation sites (N-methyl/N-ethyl adjacent to an activating group) is 1. The Bertz CT molecular complexity index is 581. The van der Waals surface area contributed by atoms with Gasteiger partial charge in [0.1, 0.15) is 0 Å². The highest BCUT2D eigenvalue weighted by Gasteiger charge is 2.43. The smallest absolute Gasteiger partial charge is 0.0408 e. The average Bonchev–Trinajstić information content (AvgIpc) is 3.28. The van der Waals surface area contributed by atoms with E-state index in [4.69, 9.17) is 11.6 Å². The van der Waals surface area contributed by atoms with Crippen LogP contribution in [0, 0.1) is 5.92 Å². The van der Waals surface area contributed by atoms with Crippen LogP contribution in [-0.2, 0) is 6.42 Å². The minimum absolute atomic E-state index is 0.540. The third kappa shape index (κ3) is 3.66. The Kier molecular flexibility index (Phi) is 4.62. The van der Waals surface area contributed by atoms with Gasteiger partial charge in [-0.2, -0.15) is 0 Å². The number of hydrogen-bond donors (Lipinski definition) is 1. The zero-order chi connectivity index (χ0) is 14.7. The lowest BCUT2D eigenvalue weighted by atomic mass is 9.99. The van der Waals surface area contributed by atoms with Crippen LogP contribution >= 0.6 is 11.6 Å². The van der Waals surface area contributed by atoms with Crippen LogP contribution in [0.3, 0.4) is 0 Å². The molecule has 1 N–H and O–H groups in total. The van der Waals surface area contributed by atoms with Crippen LogP contribution in [-0.4, -0.2) is 12.6 Å². The molecule has 2 aromatic carbocycles. The lowest BCUT2D eigenvalue weighted by Gasteiger charge is -2.18. The van der Waals surface area contributed by atoms with Crippen molar-refractivity contribution < 1.29 is 0 Å². The number of benzene rings is 2.